The number of aromatic amines is 1. The van der Waals surface area contributed by atoms with Crippen LogP contribution in [-0.4, -0.2) is 26.5 Å². The Balaban J connectivity index is 1.62. The fourth-order valence-corrected chi connectivity index (χ4v) is 3.18. The van der Waals surface area contributed by atoms with Crippen LogP contribution >= 0.6 is 0 Å². The fourth-order valence-electron chi connectivity index (χ4n) is 3.18. The van der Waals surface area contributed by atoms with Crippen LogP contribution in [0.5, 0.6) is 0 Å². The van der Waals surface area contributed by atoms with E-state index in [1.54, 1.807) is 0 Å². The summed E-state index contributed by atoms with van der Waals surface area (Å²) in [5.74, 6) is 2.81. The van der Waals surface area contributed by atoms with E-state index in [0.29, 0.717) is 0 Å². The lowest BCUT2D eigenvalue weighted by Gasteiger charge is -2.27. The summed E-state index contributed by atoms with van der Waals surface area (Å²) in [6.45, 7) is 5.84. The van der Waals surface area contributed by atoms with E-state index in [1.807, 2.05) is 25.1 Å². The minimum atomic E-state index is 0.814. The maximum atomic E-state index is 4.79. The Kier molecular flexibility index (Phi) is 3.76. The van der Waals surface area contributed by atoms with Gasteiger partial charge in [-0.3, -0.25) is 0 Å². The van der Waals surface area contributed by atoms with Crippen LogP contribution in [0.4, 0.5) is 5.82 Å². The topological polar surface area (TPSA) is 57.7 Å². The van der Waals surface area contributed by atoms with Crippen molar-refractivity contribution in [2.24, 2.45) is 0 Å². The summed E-state index contributed by atoms with van der Waals surface area (Å²) in [4.78, 5) is 19.7. The molecule has 3 aromatic rings. The number of imidazole rings is 1. The highest BCUT2D eigenvalue weighted by Crippen LogP contribution is 2.25. The molecule has 24 heavy (non-hydrogen) atoms. The molecule has 0 aliphatic carbocycles. The maximum Gasteiger partial charge on any atom is 0.137 e. The molecule has 3 heterocycles. The predicted molar refractivity (Wildman–Crippen MR) is 94.9 cm³/mol. The molecule has 1 aliphatic heterocycles. The van der Waals surface area contributed by atoms with E-state index in [4.69, 9.17) is 4.98 Å². The van der Waals surface area contributed by atoms with Crippen molar-refractivity contribution in [2.75, 3.05) is 11.4 Å². The lowest BCUT2D eigenvalue weighted by molar-refractivity contribution is 0.696. The molecule has 5 heteroatoms. The Morgan fingerprint density at radius 2 is 1.96 bits per heavy atom. The first kappa shape index (κ1) is 14.9. The number of nitrogens with one attached hydrogen (secondary N) is 1. The SMILES string of the molecule is CCc1cc(N2CCc3nc(-c4ccccc4)[nH]c3C2)nc(C)n1. The molecule has 0 saturated carbocycles. The summed E-state index contributed by atoms with van der Waals surface area (Å²) in [5.41, 5.74) is 4.59. The Morgan fingerprint density at radius 1 is 1.12 bits per heavy atom. The van der Waals surface area contributed by atoms with Crippen molar-refractivity contribution in [3.8, 4) is 11.4 Å². The van der Waals surface area contributed by atoms with Gasteiger partial charge in [0.25, 0.3) is 0 Å². The quantitative estimate of drug-likeness (QED) is 0.805. The zero-order valence-electron chi connectivity index (χ0n) is 14.1. The second kappa shape index (κ2) is 6.07. The summed E-state index contributed by atoms with van der Waals surface area (Å²) >= 11 is 0. The van der Waals surface area contributed by atoms with Crippen molar-refractivity contribution in [3.63, 3.8) is 0 Å². The van der Waals surface area contributed by atoms with Gasteiger partial charge in [-0.2, -0.15) is 0 Å². The monoisotopic (exact) mass is 319 g/mol. The van der Waals surface area contributed by atoms with Crippen LogP contribution in [0.15, 0.2) is 36.4 Å². The van der Waals surface area contributed by atoms with Gasteiger partial charge in [0.1, 0.15) is 17.5 Å². The molecule has 122 valence electrons. The molecule has 0 atom stereocenters. The second-order valence-electron chi connectivity index (χ2n) is 6.17. The first-order valence-electron chi connectivity index (χ1n) is 8.45. The number of aryl methyl sites for hydroxylation is 2. The highest BCUT2D eigenvalue weighted by molar-refractivity contribution is 5.56. The van der Waals surface area contributed by atoms with Gasteiger partial charge in [0.15, 0.2) is 0 Å². The molecule has 0 spiro atoms. The number of nitrogens with zero attached hydrogens (tertiary/aromatic N) is 4. The zero-order valence-corrected chi connectivity index (χ0v) is 14.1. The van der Waals surface area contributed by atoms with Crippen molar-refractivity contribution >= 4 is 5.82 Å². The van der Waals surface area contributed by atoms with Gasteiger partial charge >= 0.3 is 0 Å². The van der Waals surface area contributed by atoms with E-state index >= 15 is 0 Å². The molecule has 0 amide bonds. The number of hydrogen-bond donors (Lipinski definition) is 1. The van der Waals surface area contributed by atoms with E-state index in [9.17, 15) is 0 Å². The van der Waals surface area contributed by atoms with Gasteiger partial charge in [-0.15, -0.1) is 0 Å². The van der Waals surface area contributed by atoms with Gasteiger partial charge in [-0.25, -0.2) is 15.0 Å². The van der Waals surface area contributed by atoms with Gasteiger partial charge in [0, 0.05) is 30.3 Å². The summed E-state index contributed by atoms with van der Waals surface area (Å²) < 4.78 is 0. The second-order valence-corrected chi connectivity index (χ2v) is 6.17. The molecular formula is C19H21N5. The summed E-state index contributed by atoms with van der Waals surface area (Å²) in [5, 5.41) is 0. The molecule has 1 aromatic carbocycles. The summed E-state index contributed by atoms with van der Waals surface area (Å²) in [6, 6.07) is 12.4. The molecule has 0 unspecified atom stereocenters. The van der Waals surface area contributed by atoms with Crippen LogP contribution in [0, 0.1) is 6.92 Å². The first-order valence-corrected chi connectivity index (χ1v) is 8.45. The average Bonchev–Trinajstić information content (AvgIpc) is 3.05. The molecule has 1 N–H and O–H groups in total. The number of H-pyrrole nitrogens is 1. The maximum absolute atomic E-state index is 4.79. The number of aromatic nitrogens is 4. The highest BCUT2D eigenvalue weighted by atomic mass is 15.2. The number of anilines is 1. The average molecular weight is 319 g/mol. The van der Waals surface area contributed by atoms with E-state index in [-0.39, 0.29) is 0 Å². The van der Waals surface area contributed by atoms with Crippen LogP contribution in [0.2, 0.25) is 0 Å². The molecule has 0 radical (unpaired) electrons. The zero-order chi connectivity index (χ0) is 16.5. The molecule has 0 saturated heterocycles. The summed E-state index contributed by atoms with van der Waals surface area (Å²) in [6.07, 6.45) is 1.86. The van der Waals surface area contributed by atoms with Gasteiger partial charge in [-0.1, -0.05) is 37.3 Å². The highest BCUT2D eigenvalue weighted by Gasteiger charge is 2.22. The third-order valence-corrected chi connectivity index (χ3v) is 4.44. The van der Waals surface area contributed by atoms with Gasteiger partial charge in [-0.05, 0) is 13.3 Å². The van der Waals surface area contributed by atoms with E-state index in [0.717, 1.165) is 54.7 Å². The molecule has 4 rings (SSSR count). The molecule has 0 bridgehead atoms. The van der Waals surface area contributed by atoms with Crippen LogP contribution in [-0.2, 0) is 19.4 Å². The van der Waals surface area contributed by atoms with Crippen LogP contribution in [0.1, 0.15) is 29.8 Å². The van der Waals surface area contributed by atoms with Crippen molar-refractivity contribution in [3.05, 3.63) is 59.3 Å². The van der Waals surface area contributed by atoms with Gasteiger partial charge in [0.2, 0.25) is 0 Å². The van der Waals surface area contributed by atoms with Crippen molar-refractivity contribution < 1.29 is 0 Å². The molecule has 5 nitrogen and oxygen atoms in total. The first-order chi connectivity index (χ1) is 11.7. The smallest absolute Gasteiger partial charge is 0.137 e. The van der Waals surface area contributed by atoms with Crippen LogP contribution < -0.4 is 4.90 Å². The standard InChI is InChI=1S/C19H21N5/c1-3-15-11-18(21-13(2)20-15)24-10-9-16-17(12-24)23-19(22-16)14-7-5-4-6-8-14/h4-8,11H,3,9-10,12H2,1-2H3,(H,22,23). The Labute approximate surface area is 141 Å². The minimum Gasteiger partial charge on any atom is -0.350 e. The van der Waals surface area contributed by atoms with Crippen LogP contribution in [0.25, 0.3) is 11.4 Å². The van der Waals surface area contributed by atoms with E-state index in [2.05, 4.69) is 45.0 Å². The minimum absolute atomic E-state index is 0.814. The number of benzene rings is 1. The number of hydrogen-bond acceptors (Lipinski definition) is 4. The fraction of sp³-hybridized carbons (Fsp3) is 0.316. The normalized spacial score (nSPS) is 13.8. The van der Waals surface area contributed by atoms with Gasteiger partial charge < -0.3 is 9.88 Å². The summed E-state index contributed by atoms with van der Waals surface area (Å²) in [7, 11) is 0. The van der Waals surface area contributed by atoms with Gasteiger partial charge in [0.05, 0.1) is 17.9 Å². The van der Waals surface area contributed by atoms with Crippen molar-refractivity contribution in [2.45, 2.75) is 33.2 Å². The predicted octanol–water partition coefficient (Wildman–Crippen LogP) is 3.30. The lowest BCUT2D eigenvalue weighted by Crippen LogP contribution is -2.31. The lowest BCUT2D eigenvalue weighted by atomic mass is 10.1. The van der Waals surface area contributed by atoms with Crippen molar-refractivity contribution in [1.82, 2.24) is 19.9 Å². The Morgan fingerprint density at radius 3 is 2.75 bits per heavy atom. The molecule has 1 aliphatic rings. The van der Waals surface area contributed by atoms with Crippen LogP contribution in [0.3, 0.4) is 0 Å². The Hall–Kier alpha value is -2.69. The number of rotatable bonds is 3. The third-order valence-electron chi connectivity index (χ3n) is 4.44. The van der Waals surface area contributed by atoms with E-state index in [1.165, 1.54) is 11.4 Å². The number of fused-ring (bicyclic) bond motifs is 1. The van der Waals surface area contributed by atoms with Crippen molar-refractivity contribution in [1.29, 1.82) is 0 Å². The Bertz CT molecular complexity index is 853. The molecular weight excluding hydrogens is 298 g/mol. The molecule has 2 aromatic heterocycles. The molecule has 0 fully saturated rings. The largest absolute Gasteiger partial charge is 0.350 e. The van der Waals surface area contributed by atoms with E-state index < -0.39 is 0 Å². The third kappa shape index (κ3) is 2.77.